The zero-order valence-corrected chi connectivity index (χ0v) is 12.3. The van der Waals surface area contributed by atoms with Crippen molar-refractivity contribution in [3.63, 3.8) is 0 Å². The van der Waals surface area contributed by atoms with E-state index in [0.717, 1.165) is 16.8 Å². The molecule has 0 spiro atoms. The van der Waals surface area contributed by atoms with Gasteiger partial charge in [0.25, 0.3) is 0 Å². The number of rotatable bonds is 5. The van der Waals surface area contributed by atoms with Crippen molar-refractivity contribution in [1.29, 1.82) is 0 Å². The molecule has 0 aromatic carbocycles. The number of hydrogen-bond acceptors (Lipinski definition) is 4. The van der Waals surface area contributed by atoms with Crippen molar-refractivity contribution in [2.24, 2.45) is 0 Å². The molecule has 0 aliphatic rings. The summed E-state index contributed by atoms with van der Waals surface area (Å²) in [6.07, 6.45) is 9.81. The SMILES string of the molecule is O=C(C=Cc1ccco1)NCc1cccnc1-c1ccncc1. The number of carbonyl (C=O) groups is 1. The average Bonchev–Trinajstić information content (AvgIpc) is 3.13. The lowest BCUT2D eigenvalue weighted by molar-refractivity contribution is -0.116. The first kappa shape index (κ1) is 14.7. The van der Waals surface area contributed by atoms with Gasteiger partial charge in [-0.3, -0.25) is 14.8 Å². The monoisotopic (exact) mass is 305 g/mol. The lowest BCUT2D eigenvalue weighted by Crippen LogP contribution is -2.20. The number of pyridine rings is 2. The number of hydrogen-bond donors (Lipinski definition) is 1. The Labute approximate surface area is 133 Å². The molecular formula is C18H15N3O2. The molecule has 5 nitrogen and oxygen atoms in total. The van der Waals surface area contributed by atoms with Gasteiger partial charge >= 0.3 is 0 Å². The van der Waals surface area contributed by atoms with E-state index in [1.807, 2.05) is 24.3 Å². The third-order valence-electron chi connectivity index (χ3n) is 3.24. The van der Waals surface area contributed by atoms with Crippen LogP contribution in [0.2, 0.25) is 0 Å². The van der Waals surface area contributed by atoms with Crippen LogP contribution in [0, 0.1) is 0 Å². The number of amides is 1. The molecular weight excluding hydrogens is 290 g/mol. The Morgan fingerprint density at radius 1 is 1.13 bits per heavy atom. The van der Waals surface area contributed by atoms with Gasteiger partial charge in [-0.1, -0.05) is 6.07 Å². The van der Waals surface area contributed by atoms with Gasteiger partial charge in [-0.2, -0.15) is 0 Å². The topological polar surface area (TPSA) is 68.0 Å². The van der Waals surface area contributed by atoms with E-state index in [1.54, 1.807) is 43.1 Å². The molecule has 3 aromatic rings. The fourth-order valence-electron chi connectivity index (χ4n) is 2.14. The van der Waals surface area contributed by atoms with Crippen molar-refractivity contribution >= 4 is 12.0 Å². The molecule has 0 unspecified atom stereocenters. The third kappa shape index (κ3) is 3.91. The molecule has 0 saturated carbocycles. The van der Waals surface area contributed by atoms with Gasteiger partial charge in [0, 0.05) is 36.8 Å². The summed E-state index contributed by atoms with van der Waals surface area (Å²) >= 11 is 0. The summed E-state index contributed by atoms with van der Waals surface area (Å²) in [4.78, 5) is 20.3. The molecule has 3 heterocycles. The maximum atomic E-state index is 11.9. The smallest absolute Gasteiger partial charge is 0.244 e. The fourth-order valence-corrected chi connectivity index (χ4v) is 2.14. The van der Waals surface area contributed by atoms with Gasteiger partial charge in [0.15, 0.2) is 0 Å². The highest BCUT2D eigenvalue weighted by Gasteiger charge is 2.06. The molecule has 3 rings (SSSR count). The molecule has 0 fully saturated rings. The number of carbonyl (C=O) groups excluding carboxylic acids is 1. The van der Waals surface area contributed by atoms with Crippen molar-refractivity contribution in [2.45, 2.75) is 6.54 Å². The van der Waals surface area contributed by atoms with Crippen molar-refractivity contribution in [1.82, 2.24) is 15.3 Å². The minimum absolute atomic E-state index is 0.189. The first-order valence-corrected chi connectivity index (χ1v) is 7.16. The summed E-state index contributed by atoms with van der Waals surface area (Å²) in [6.45, 7) is 0.396. The van der Waals surface area contributed by atoms with Crippen LogP contribution in [0.1, 0.15) is 11.3 Å². The minimum Gasteiger partial charge on any atom is -0.465 e. The molecule has 5 heteroatoms. The van der Waals surface area contributed by atoms with Gasteiger partial charge in [-0.15, -0.1) is 0 Å². The second-order valence-electron chi connectivity index (χ2n) is 4.81. The highest BCUT2D eigenvalue weighted by atomic mass is 16.3. The molecule has 0 atom stereocenters. The van der Waals surface area contributed by atoms with Crippen molar-refractivity contribution < 1.29 is 9.21 Å². The summed E-state index contributed by atoms with van der Waals surface area (Å²) in [7, 11) is 0. The zero-order chi connectivity index (χ0) is 15.9. The van der Waals surface area contributed by atoms with Crippen molar-refractivity contribution in [3.8, 4) is 11.3 Å². The van der Waals surface area contributed by atoms with Gasteiger partial charge in [0.05, 0.1) is 12.0 Å². The maximum Gasteiger partial charge on any atom is 0.244 e. The van der Waals surface area contributed by atoms with Crippen LogP contribution in [0.4, 0.5) is 0 Å². The van der Waals surface area contributed by atoms with E-state index < -0.39 is 0 Å². The van der Waals surface area contributed by atoms with E-state index in [1.165, 1.54) is 6.08 Å². The van der Waals surface area contributed by atoms with Crippen LogP contribution in [-0.2, 0) is 11.3 Å². The summed E-state index contributed by atoms with van der Waals surface area (Å²) in [5.74, 6) is 0.449. The molecule has 0 aliphatic carbocycles. The largest absolute Gasteiger partial charge is 0.465 e. The van der Waals surface area contributed by atoms with Crippen LogP contribution in [0.3, 0.4) is 0 Å². The van der Waals surface area contributed by atoms with Crippen LogP contribution in [0.25, 0.3) is 17.3 Å². The number of aromatic nitrogens is 2. The highest BCUT2D eigenvalue weighted by Crippen LogP contribution is 2.19. The van der Waals surface area contributed by atoms with Gasteiger partial charge in [0.2, 0.25) is 5.91 Å². The summed E-state index contributed by atoms with van der Waals surface area (Å²) < 4.78 is 5.14. The first-order chi connectivity index (χ1) is 11.3. The fraction of sp³-hybridized carbons (Fsp3) is 0.0556. The number of furan rings is 1. The standard InChI is InChI=1S/C18H15N3O2/c22-17(6-5-16-4-2-12-23-16)21-13-15-3-1-9-20-18(15)14-7-10-19-11-8-14/h1-12H,13H2,(H,21,22). The Bertz CT molecular complexity index is 796. The Morgan fingerprint density at radius 2 is 2.00 bits per heavy atom. The Morgan fingerprint density at radius 3 is 2.78 bits per heavy atom. The zero-order valence-electron chi connectivity index (χ0n) is 12.3. The quantitative estimate of drug-likeness (QED) is 0.736. The average molecular weight is 305 g/mol. The number of nitrogens with zero attached hydrogens (tertiary/aromatic N) is 2. The summed E-state index contributed by atoms with van der Waals surface area (Å²) in [5.41, 5.74) is 2.75. The van der Waals surface area contributed by atoms with E-state index >= 15 is 0 Å². The van der Waals surface area contributed by atoms with E-state index in [2.05, 4.69) is 15.3 Å². The normalized spacial score (nSPS) is 10.8. The molecule has 1 amide bonds. The Hall–Kier alpha value is -3.21. The molecule has 1 N–H and O–H groups in total. The molecule has 114 valence electrons. The van der Waals surface area contributed by atoms with Gasteiger partial charge in [-0.05, 0) is 42.0 Å². The molecule has 0 radical (unpaired) electrons. The van der Waals surface area contributed by atoms with Crippen LogP contribution in [0.5, 0.6) is 0 Å². The first-order valence-electron chi connectivity index (χ1n) is 7.16. The molecule has 23 heavy (non-hydrogen) atoms. The van der Waals surface area contributed by atoms with Crippen LogP contribution in [0.15, 0.2) is 71.7 Å². The predicted octanol–water partition coefficient (Wildman–Crippen LogP) is 3.07. The predicted molar refractivity (Wildman–Crippen MR) is 87.1 cm³/mol. The van der Waals surface area contributed by atoms with E-state index in [4.69, 9.17) is 4.42 Å². The van der Waals surface area contributed by atoms with E-state index in [9.17, 15) is 4.79 Å². The van der Waals surface area contributed by atoms with Gasteiger partial charge in [0.1, 0.15) is 5.76 Å². The second-order valence-corrected chi connectivity index (χ2v) is 4.81. The molecule has 0 bridgehead atoms. The van der Waals surface area contributed by atoms with Gasteiger partial charge < -0.3 is 9.73 Å². The summed E-state index contributed by atoms with van der Waals surface area (Å²) in [6, 6.07) is 11.1. The lowest BCUT2D eigenvalue weighted by Gasteiger charge is -2.08. The lowest BCUT2D eigenvalue weighted by atomic mass is 10.1. The molecule has 3 aromatic heterocycles. The van der Waals surface area contributed by atoms with Crippen molar-refractivity contribution in [3.05, 3.63) is 78.7 Å². The Kier molecular flexibility index (Phi) is 4.59. The molecule has 0 aliphatic heterocycles. The molecule has 0 saturated heterocycles. The highest BCUT2D eigenvalue weighted by molar-refractivity contribution is 5.91. The van der Waals surface area contributed by atoms with Crippen molar-refractivity contribution in [2.75, 3.05) is 0 Å². The third-order valence-corrected chi connectivity index (χ3v) is 3.24. The van der Waals surface area contributed by atoms with E-state index in [-0.39, 0.29) is 5.91 Å². The second kappa shape index (κ2) is 7.17. The van der Waals surface area contributed by atoms with Crippen LogP contribution >= 0.6 is 0 Å². The van der Waals surface area contributed by atoms with Crippen LogP contribution < -0.4 is 5.32 Å². The van der Waals surface area contributed by atoms with E-state index in [0.29, 0.717) is 12.3 Å². The number of nitrogens with one attached hydrogen (secondary N) is 1. The maximum absolute atomic E-state index is 11.9. The summed E-state index contributed by atoms with van der Waals surface area (Å²) in [5, 5.41) is 2.85. The minimum atomic E-state index is -0.189. The Balaban J connectivity index is 1.68. The van der Waals surface area contributed by atoms with Crippen LogP contribution in [-0.4, -0.2) is 15.9 Å². The van der Waals surface area contributed by atoms with Gasteiger partial charge in [-0.25, -0.2) is 0 Å².